The summed E-state index contributed by atoms with van der Waals surface area (Å²) in [6.45, 7) is 0. The maximum absolute atomic E-state index is 9.60. The van der Waals surface area contributed by atoms with Gasteiger partial charge in [-0.05, 0) is 79.2 Å². The van der Waals surface area contributed by atoms with Gasteiger partial charge in [-0.3, -0.25) is 0 Å². The highest BCUT2D eigenvalue weighted by Gasteiger charge is 2.17. The second kappa shape index (κ2) is 8.72. The quantitative estimate of drug-likeness (QED) is 0.214. The fourth-order valence-electron chi connectivity index (χ4n) is 4.99. The second-order valence-corrected chi connectivity index (χ2v) is 8.81. The molecule has 0 unspecified atom stereocenters. The first-order chi connectivity index (χ1) is 26.4. The number of furan rings is 1. The fourth-order valence-corrected chi connectivity index (χ4v) is 4.99. The lowest BCUT2D eigenvalue weighted by Gasteiger charge is -2.18. The predicted molar refractivity (Wildman–Crippen MR) is 165 cm³/mol. The Kier molecular flexibility index (Phi) is 2.44. The molecule has 0 N–H and O–H groups in total. The molecule has 39 heavy (non-hydrogen) atoms. The third-order valence-corrected chi connectivity index (χ3v) is 6.67. The van der Waals surface area contributed by atoms with Crippen LogP contribution >= 0.6 is 0 Å². The molecule has 0 aliphatic heterocycles. The monoisotopic (exact) mass is 513 g/mol. The van der Waals surface area contributed by atoms with Gasteiger partial charge in [0.05, 0.1) is 23.3 Å². The van der Waals surface area contributed by atoms with Gasteiger partial charge in [0.2, 0.25) is 0 Å². The van der Waals surface area contributed by atoms with E-state index < -0.39 is 147 Å². The fraction of sp³-hybridized carbons (Fsp3) is 0. The molecule has 8 rings (SSSR count). The Hall–Kier alpha value is -5.14. The summed E-state index contributed by atoms with van der Waals surface area (Å²) in [5.74, 6) is 0. The summed E-state index contributed by atoms with van der Waals surface area (Å²) in [5.41, 5.74) is -1.08. The molecule has 0 fully saturated rings. The first-order valence-corrected chi connectivity index (χ1v) is 12.0. The molecular formula is C38H24O. The van der Waals surface area contributed by atoms with E-state index in [1.165, 1.54) is 0 Å². The Morgan fingerprint density at radius 3 is 1.69 bits per heavy atom. The van der Waals surface area contributed by atoms with Gasteiger partial charge in [0.25, 0.3) is 0 Å². The molecule has 182 valence electrons. The van der Waals surface area contributed by atoms with Crippen LogP contribution in [-0.2, 0) is 0 Å². The van der Waals surface area contributed by atoms with Crippen molar-refractivity contribution in [1.29, 1.82) is 0 Å². The summed E-state index contributed by atoms with van der Waals surface area (Å²) in [6.07, 6.45) is 0. The van der Waals surface area contributed by atoms with Crippen molar-refractivity contribution in [1.82, 2.24) is 0 Å². The van der Waals surface area contributed by atoms with Gasteiger partial charge >= 0.3 is 0 Å². The molecule has 0 saturated carbocycles. The van der Waals surface area contributed by atoms with E-state index in [0.29, 0.717) is 11.2 Å². The zero-order chi connectivity index (χ0) is 40.6. The number of para-hydroxylation sites is 1. The van der Waals surface area contributed by atoms with Gasteiger partial charge in [-0.25, -0.2) is 0 Å². The summed E-state index contributed by atoms with van der Waals surface area (Å²) >= 11 is 0. The minimum atomic E-state index is -0.818. The molecule has 0 atom stereocenters. The van der Waals surface area contributed by atoms with Crippen molar-refractivity contribution in [2.45, 2.75) is 0 Å². The van der Waals surface area contributed by atoms with E-state index in [4.69, 9.17) is 22.2 Å². The molecular weight excluding hydrogens is 472 g/mol. The number of hydrogen-bond acceptors (Lipinski definition) is 1. The van der Waals surface area contributed by atoms with Crippen LogP contribution in [0.1, 0.15) is 23.3 Å². The van der Waals surface area contributed by atoms with Crippen LogP contribution in [-0.4, -0.2) is 0 Å². The largest absolute Gasteiger partial charge is 0.456 e. The summed E-state index contributed by atoms with van der Waals surface area (Å²) in [4.78, 5) is 0. The number of benzene rings is 7. The number of fused-ring (bicyclic) bond motifs is 5. The molecule has 7 aromatic carbocycles. The van der Waals surface area contributed by atoms with Gasteiger partial charge in [0.15, 0.2) is 0 Å². The molecule has 1 heteroatoms. The van der Waals surface area contributed by atoms with Crippen LogP contribution in [0.4, 0.5) is 0 Å². The maximum atomic E-state index is 9.60. The molecule has 8 aromatic rings. The Labute approximate surface area is 250 Å². The van der Waals surface area contributed by atoms with E-state index in [9.17, 15) is 5.48 Å². The third-order valence-electron chi connectivity index (χ3n) is 6.67. The lowest BCUT2D eigenvalue weighted by Crippen LogP contribution is -1.91. The highest BCUT2D eigenvalue weighted by Crippen LogP contribution is 2.44. The zero-order valence-corrected chi connectivity index (χ0v) is 19.9. The first-order valence-electron chi connectivity index (χ1n) is 20.5. The molecule has 0 bridgehead atoms. The summed E-state index contributed by atoms with van der Waals surface area (Å²) < 4.78 is 157. The molecule has 1 nitrogen and oxygen atoms in total. The van der Waals surface area contributed by atoms with Crippen molar-refractivity contribution < 1.29 is 27.7 Å². The SMILES string of the molecule is [2H]c1c([2H])c([2H])c(-c2c3c([2H])c([2H])c([2H])c([2H])c3c(-c3c([2H])c([2H])c([2H])c(-c4ccc5c(c4)oc4ccccc45)c3[2H])c3c([2H])c([2H])c([2H])c([2H])c23)c([2H])c1[2H]. The standard InChI is InChI=1S/C38H24O/c1-2-11-25(12-3-1)37-31-16-4-6-18-33(31)38(34-19-7-5-17-32(34)37)28-14-10-13-26(23-28)27-21-22-30-29-15-8-9-20-35(29)39-36(30)24-27/h1-24H/i1D,2D,3D,4D,5D,6D,7D,10D,11D,12D,13D,14D,16D,17D,18D,19D,23D. The Morgan fingerprint density at radius 1 is 0.410 bits per heavy atom. The maximum Gasteiger partial charge on any atom is 0.136 e. The van der Waals surface area contributed by atoms with Crippen LogP contribution in [0.3, 0.4) is 0 Å². The average Bonchev–Trinajstić information content (AvgIpc) is 3.56. The smallest absolute Gasteiger partial charge is 0.136 e. The zero-order valence-electron chi connectivity index (χ0n) is 36.9. The van der Waals surface area contributed by atoms with Crippen LogP contribution in [0, 0.1) is 0 Å². The number of rotatable bonds is 3. The minimum absolute atomic E-state index is 0.180. The van der Waals surface area contributed by atoms with Crippen LogP contribution in [0.15, 0.2) is 150 Å². The highest BCUT2D eigenvalue weighted by atomic mass is 16.3. The second-order valence-electron chi connectivity index (χ2n) is 8.81. The van der Waals surface area contributed by atoms with Crippen molar-refractivity contribution in [3.63, 3.8) is 0 Å². The van der Waals surface area contributed by atoms with Gasteiger partial charge in [0.1, 0.15) is 11.2 Å². The van der Waals surface area contributed by atoms with Crippen molar-refractivity contribution in [3.05, 3.63) is 145 Å². The van der Waals surface area contributed by atoms with E-state index in [-0.39, 0.29) is 11.1 Å². The summed E-state index contributed by atoms with van der Waals surface area (Å²) in [6, 6.07) is -0.919. The van der Waals surface area contributed by atoms with E-state index in [1.807, 2.05) is 12.1 Å². The summed E-state index contributed by atoms with van der Waals surface area (Å²) in [5, 5.41) is -0.477. The van der Waals surface area contributed by atoms with E-state index in [0.717, 1.165) is 10.8 Å². The lowest BCUT2D eigenvalue weighted by atomic mass is 9.85. The van der Waals surface area contributed by atoms with Crippen molar-refractivity contribution in [2.75, 3.05) is 0 Å². The molecule has 0 radical (unpaired) electrons. The van der Waals surface area contributed by atoms with E-state index in [2.05, 4.69) is 0 Å². The van der Waals surface area contributed by atoms with Crippen LogP contribution < -0.4 is 0 Å². The van der Waals surface area contributed by atoms with Gasteiger partial charge in [0, 0.05) is 10.8 Å². The third kappa shape index (κ3) is 3.48. The average molecular weight is 514 g/mol. The number of hydrogen-bond donors (Lipinski definition) is 0. The van der Waals surface area contributed by atoms with Crippen molar-refractivity contribution in [2.24, 2.45) is 0 Å². The topological polar surface area (TPSA) is 13.1 Å². The molecule has 0 aliphatic rings. The summed E-state index contributed by atoms with van der Waals surface area (Å²) in [7, 11) is 0. The minimum Gasteiger partial charge on any atom is -0.456 e. The predicted octanol–water partition coefficient (Wildman–Crippen LogP) is 10.9. The molecule has 0 spiro atoms. The lowest BCUT2D eigenvalue weighted by molar-refractivity contribution is 0.669. The Bertz CT molecular complexity index is 3000. The van der Waals surface area contributed by atoms with Crippen LogP contribution in [0.5, 0.6) is 0 Å². The molecule has 1 heterocycles. The van der Waals surface area contributed by atoms with E-state index in [1.54, 1.807) is 30.3 Å². The van der Waals surface area contributed by atoms with Crippen molar-refractivity contribution >= 4 is 43.5 Å². The molecule has 0 amide bonds. The molecule has 1 aromatic heterocycles. The molecule has 0 aliphatic carbocycles. The van der Waals surface area contributed by atoms with Crippen LogP contribution in [0.25, 0.3) is 76.9 Å². The Morgan fingerprint density at radius 2 is 0.974 bits per heavy atom. The van der Waals surface area contributed by atoms with E-state index >= 15 is 0 Å². The Balaban J connectivity index is 1.65. The highest BCUT2D eigenvalue weighted by molar-refractivity contribution is 6.21. The van der Waals surface area contributed by atoms with Gasteiger partial charge < -0.3 is 4.42 Å². The molecule has 0 saturated heterocycles. The van der Waals surface area contributed by atoms with Gasteiger partial charge in [-0.2, -0.15) is 0 Å². The van der Waals surface area contributed by atoms with Crippen molar-refractivity contribution in [3.8, 4) is 33.4 Å². The van der Waals surface area contributed by atoms with Gasteiger partial charge in [-0.15, -0.1) is 0 Å². The van der Waals surface area contributed by atoms with Crippen LogP contribution in [0.2, 0.25) is 0 Å². The first kappa shape index (κ1) is 10.9. The van der Waals surface area contributed by atoms with Gasteiger partial charge in [-0.1, -0.05) is 121 Å². The normalized spacial score (nSPS) is 17.7.